The van der Waals surface area contributed by atoms with Crippen LogP contribution in [0.15, 0.2) is 42.5 Å². The molecule has 2 rings (SSSR count). The molecule has 0 aromatic heterocycles. The first-order valence-corrected chi connectivity index (χ1v) is 6.01. The van der Waals surface area contributed by atoms with Crippen molar-refractivity contribution >= 4 is 0 Å². The fraction of sp³-hybridized carbons (Fsp3) is 0.188. The number of nitriles is 1. The van der Waals surface area contributed by atoms with Gasteiger partial charge in [-0.15, -0.1) is 0 Å². The van der Waals surface area contributed by atoms with E-state index in [1.165, 1.54) is 5.56 Å². The molecule has 0 amide bonds. The summed E-state index contributed by atoms with van der Waals surface area (Å²) < 4.78 is 11.0. The fourth-order valence-electron chi connectivity index (χ4n) is 1.72. The lowest BCUT2D eigenvalue weighted by atomic mass is 10.1. The van der Waals surface area contributed by atoms with Crippen LogP contribution in [-0.2, 0) is 6.42 Å². The first-order valence-electron chi connectivity index (χ1n) is 6.01. The first kappa shape index (κ1) is 13.0. The third kappa shape index (κ3) is 3.26. The second-order valence-corrected chi connectivity index (χ2v) is 4.22. The van der Waals surface area contributed by atoms with E-state index in [2.05, 4.69) is 6.07 Å². The Labute approximate surface area is 113 Å². The Kier molecular flexibility index (Phi) is 4.04. The summed E-state index contributed by atoms with van der Waals surface area (Å²) in [4.78, 5) is 0. The zero-order valence-electron chi connectivity index (χ0n) is 11.0. The van der Waals surface area contributed by atoms with Gasteiger partial charge in [0.05, 0.1) is 19.6 Å². The van der Waals surface area contributed by atoms with Crippen LogP contribution in [0.1, 0.15) is 11.1 Å². The van der Waals surface area contributed by atoms with Crippen LogP contribution in [0, 0.1) is 18.3 Å². The molecule has 0 fully saturated rings. The second-order valence-electron chi connectivity index (χ2n) is 4.22. The molecule has 3 heteroatoms. The molecule has 0 saturated carbocycles. The Morgan fingerprint density at radius 1 is 1.05 bits per heavy atom. The molecule has 19 heavy (non-hydrogen) atoms. The van der Waals surface area contributed by atoms with Gasteiger partial charge in [-0.3, -0.25) is 0 Å². The predicted octanol–water partition coefficient (Wildman–Crippen LogP) is 3.86. The van der Waals surface area contributed by atoms with Gasteiger partial charge in [0.25, 0.3) is 0 Å². The molecule has 0 aliphatic heterocycles. The summed E-state index contributed by atoms with van der Waals surface area (Å²) in [5, 5.41) is 8.84. The van der Waals surface area contributed by atoms with E-state index >= 15 is 0 Å². The van der Waals surface area contributed by atoms with Crippen molar-refractivity contribution in [1.29, 1.82) is 5.26 Å². The van der Waals surface area contributed by atoms with Gasteiger partial charge < -0.3 is 9.47 Å². The largest absolute Gasteiger partial charge is 0.497 e. The van der Waals surface area contributed by atoms with E-state index in [0.29, 0.717) is 17.9 Å². The van der Waals surface area contributed by atoms with Gasteiger partial charge in [0, 0.05) is 11.6 Å². The van der Waals surface area contributed by atoms with E-state index in [1.807, 2.05) is 43.3 Å². The molecule has 0 spiro atoms. The standard InChI is InChI=1S/C16H15NO2/c1-12-3-6-14(7-4-12)19-16-11-15(18-2)8-5-13(16)9-10-17/h3-8,11H,9H2,1-2H3. The lowest BCUT2D eigenvalue weighted by molar-refractivity contribution is 0.408. The fourth-order valence-corrected chi connectivity index (χ4v) is 1.72. The highest BCUT2D eigenvalue weighted by Crippen LogP contribution is 2.29. The van der Waals surface area contributed by atoms with Crippen molar-refractivity contribution in [2.45, 2.75) is 13.3 Å². The quantitative estimate of drug-likeness (QED) is 0.830. The van der Waals surface area contributed by atoms with Crippen LogP contribution >= 0.6 is 0 Å². The molecule has 0 N–H and O–H groups in total. The lowest BCUT2D eigenvalue weighted by Gasteiger charge is -2.11. The Morgan fingerprint density at radius 2 is 1.74 bits per heavy atom. The van der Waals surface area contributed by atoms with E-state index in [1.54, 1.807) is 13.2 Å². The molecule has 0 aliphatic carbocycles. The maximum atomic E-state index is 8.84. The summed E-state index contributed by atoms with van der Waals surface area (Å²) in [6.07, 6.45) is 0.311. The van der Waals surface area contributed by atoms with E-state index in [4.69, 9.17) is 14.7 Å². The summed E-state index contributed by atoms with van der Waals surface area (Å²) in [6.45, 7) is 2.02. The molecule has 0 atom stereocenters. The number of hydrogen-bond acceptors (Lipinski definition) is 3. The van der Waals surface area contributed by atoms with E-state index in [0.717, 1.165) is 11.3 Å². The first-order chi connectivity index (χ1) is 9.22. The lowest BCUT2D eigenvalue weighted by Crippen LogP contribution is -1.93. The molecular weight excluding hydrogens is 238 g/mol. The highest BCUT2D eigenvalue weighted by molar-refractivity contribution is 5.44. The summed E-state index contributed by atoms with van der Waals surface area (Å²) in [7, 11) is 1.61. The van der Waals surface area contributed by atoms with Crippen molar-refractivity contribution in [3.05, 3.63) is 53.6 Å². The number of nitrogens with zero attached hydrogens (tertiary/aromatic N) is 1. The van der Waals surface area contributed by atoms with E-state index in [9.17, 15) is 0 Å². The van der Waals surface area contributed by atoms with Crippen LogP contribution in [0.4, 0.5) is 0 Å². The van der Waals surface area contributed by atoms with Crippen LogP contribution in [-0.4, -0.2) is 7.11 Å². The topological polar surface area (TPSA) is 42.2 Å². The Hall–Kier alpha value is -2.47. The molecule has 3 nitrogen and oxygen atoms in total. The minimum atomic E-state index is 0.311. The summed E-state index contributed by atoms with van der Waals surface area (Å²) in [5.74, 6) is 2.12. The molecule has 2 aromatic rings. The molecule has 0 radical (unpaired) electrons. The highest BCUT2D eigenvalue weighted by atomic mass is 16.5. The van der Waals surface area contributed by atoms with Crippen molar-refractivity contribution in [2.24, 2.45) is 0 Å². The monoisotopic (exact) mass is 253 g/mol. The molecule has 0 bridgehead atoms. The van der Waals surface area contributed by atoms with Crippen LogP contribution in [0.25, 0.3) is 0 Å². The number of benzene rings is 2. The summed E-state index contributed by atoms with van der Waals surface area (Å²) in [6, 6.07) is 15.4. The van der Waals surface area contributed by atoms with Crippen molar-refractivity contribution < 1.29 is 9.47 Å². The maximum Gasteiger partial charge on any atom is 0.135 e. The van der Waals surface area contributed by atoms with Crippen LogP contribution in [0.2, 0.25) is 0 Å². The predicted molar refractivity (Wildman–Crippen MR) is 73.6 cm³/mol. The number of ether oxygens (including phenoxy) is 2. The molecule has 0 unspecified atom stereocenters. The minimum absolute atomic E-state index is 0.311. The van der Waals surface area contributed by atoms with Gasteiger partial charge in [-0.05, 0) is 25.1 Å². The summed E-state index contributed by atoms with van der Waals surface area (Å²) in [5.41, 5.74) is 2.03. The molecule has 0 saturated heterocycles. The molecule has 0 aliphatic rings. The van der Waals surface area contributed by atoms with E-state index < -0.39 is 0 Å². The van der Waals surface area contributed by atoms with Gasteiger partial charge in [-0.25, -0.2) is 0 Å². The third-order valence-electron chi connectivity index (χ3n) is 2.79. The Bertz CT molecular complexity index is 597. The average Bonchev–Trinajstić information content (AvgIpc) is 2.43. The smallest absolute Gasteiger partial charge is 0.135 e. The molecular formula is C16H15NO2. The maximum absolute atomic E-state index is 8.84. The van der Waals surface area contributed by atoms with Gasteiger partial charge in [0.15, 0.2) is 0 Å². The van der Waals surface area contributed by atoms with Gasteiger partial charge in [0.1, 0.15) is 17.2 Å². The molecule has 2 aromatic carbocycles. The SMILES string of the molecule is COc1ccc(CC#N)c(Oc2ccc(C)cc2)c1. The van der Waals surface area contributed by atoms with Gasteiger partial charge in [0.2, 0.25) is 0 Å². The zero-order valence-corrected chi connectivity index (χ0v) is 11.0. The number of methoxy groups -OCH3 is 1. The van der Waals surface area contributed by atoms with Crippen molar-refractivity contribution in [1.82, 2.24) is 0 Å². The highest BCUT2D eigenvalue weighted by Gasteiger charge is 2.07. The van der Waals surface area contributed by atoms with Gasteiger partial charge >= 0.3 is 0 Å². The van der Waals surface area contributed by atoms with Crippen LogP contribution < -0.4 is 9.47 Å². The van der Waals surface area contributed by atoms with Gasteiger partial charge in [-0.1, -0.05) is 23.8 Å². The summed E-state index contributed by atoms with van der Waals surface area (Å²) >= 11 is 0. The van der Waals surface area contributed by atoms with E-state index in [-0.39, 0.29) is 0 Å². The number of hydrogen-bond donors (Lipinski definition) is 0. The van der Waals surface area contributed by atoms with Crippen LogP contribution in [0.3, 0.4) is 0 Å². The minimum Gasteiger partial charge on any atom is -0.497 e. The normalized spacial score (nSPS) is 9.74. The van der Waals surface area contributed by atoms with Crippen molar-refractivity contribution in [2.75, 3.05) is 7.11 Å². The molecule has 96 valence electrons. The van der Waals surface area contributed by atoms with Gasteiger partial charge in [-0.2, -0.15) is 5.26 Å². The third-order valence-corrected chi connectivity index (χ3v) is 2.79. The van der Waals surface area contributed by atoms with Crippen molar-refractivity contribution in [3.8, 4) is 23.3 Å². The average molecular weight is 253 g/mol. The molecule has 0 heterocycles. The van der Waals surface area contributed by atoms with Crippen LogP contribution in [0.5, 0.6) is 17.2 Å². The second kappa shape index (κ2) is 5.92. The number of rotatable bonds is 4. The Morgan fingerprint density at radius 3 is 2.37 bits per heavy atom. The zero-order chi connectivity index (χ0) is 13.7. The number of aryl methyl sites for hydroxylation is 1. The Balaban J connectivity index is 2.31. The van der Waals surface area contributed by atoms with Crippen molar-refractivity contribution in [3.63, 3.8) is 0 Å².